The first-order chi connectivity index (χ1) is 15.4. The van der Waals surface area contributed by atoms with Crippen molar-refractivity contribution in [3.63, 3.8) is 0 Å². The molecule has 1 amide bonds. The maximum Gasteiger partial charge on any atom is 0.256 e. The number of fused-ring (bicyclic) bond motifs is 2. The van der Waals surface area contributed by atoms with Crippen LogP contribution in [0, 0.1) is 6.92 Å². The largest absolute Gasteiger partial charge is 0.461 e. The zero-order valence-electron chi connectivity index (χ0n) is 18.0. The van der Waals surface area contributed by atoms with Gasteiger partial charge < -0.3 is 15.1 Å². The molecule has 2 aliphatic rings. The Labute approximate surface area is 204 Å². The second-order valence-corrected chi connectivity index (χ2v) is 10.2. The number of hydrogen-bond acceptors (Lipinski definition) is 3. The molecule has 2 heterocycles. The number of aryl methyl sites for hydroxylation is 1. The smallest absolute Gasteiger partial charge is 0.256 e. The van der Waals surface area contributed by atoms with Crippen molar-refractivity contribution in [1.82, 2.24) is 0 Å². The highest BCUT2D eigenvalue weighted by atomic mass is 79.9. The van der Waals surface area contributed by atoms with Crippen LogP contribution in [0.4, 0.5) is 11.4 Å². The second kappa shape index (κ2) is 8.56. The Balaban J connectivity index is 1.63. The average molecular weight is 556 g/mol. The molecule has 0 fully saturated rings. The fourth-order valence-electron chi connectivity index (χ4n) is 4.79. The lowest BCUT2D eigenvalue weighted by Crippen LogP contribution is -2.11. The molecule has 0 saturated carbocycles. The Kier molecular flexibility index (Phi) is 5.76. The molecule has 3 aromatic rings. The van der Waals surface area contributed by atoms with Crippen molar-refractivity contribution in [2.24, 2.45) is 0 Å². The van der Waals surface area contributed by atoms with Gasteiger partial charge in [0.25, 0.3) is 5.91 Å². The van der Waals surface area contributed by atoms with Gasteiger partial charge in [-0.15, -0.1) is 0 Å². The average Bonchev–Trinajstić information content (AvgIpc) is 3.31. The molecule has 0 saturated heterocycles. The van der Waals surface area contributed by atoms with Crippen molar-refractivity contribution in [3.05, 3.63) is 79.1 Å². The summed E-state index contributed by atoms with van der Waals surface area (Å²) in [5.41, 5.74) is 6.92. The van der Waals surface area contributed by atoms with E-state index in [0.717, 1.165) is 74.2 Å². The molecule has 6 heteroatoms. The molecule has 1 aliphatic heterocycles. The summed E-state index contributed by atoms with van der Waals surface area (Å²) in [6, 6.07) is 12.2. The zero-order valence-corrected chi connectivity index (χ0v) is 21.2. The summed E-state index contributed by atoms with van der Waals surface area (Å²) in [4.78, 5) is 13.0. The summed E-state index contributed by atoms with van der Waals surface area (Å²) >= 11 is 7.21. The van der Waals surface area contributed by atoms with E-state index in [1.807, 2.05) is 37.3 Å². The number of benzene rings is 2. The van der Waals surface area contributed by atoms with Gasteiger partial charge in [-0.3, -0.25) is 4.79 Å². The molecule has 1 unspecified atom stereocenters. The number of nitrogens with one attached hydrogen (secondary N) is 2. The Hall–Kier alpha value is -2.31. The van der Waals surface area contributed by atoms with Gasteiger partial charge in [0, 0.05) is 32.2 Å². The molecule has 0 spiro atoms. The van der Waals surface area contributed by atoms with Gasteiger partial charge in [-0.25, -0.2) is 0 Å². The standard InChI is InChI=1S/C26H24Br2N2O2/c1-14-19(27)13-20(28)25-23(14)18(26(31)30-25)12-22-24(17-10-6-7-11-21(17)32-22)15(2)29-16-8-4-3-5-9-16/h3-5,8-9,12-13,15,29H,6-7,10-11H2,1-2H3,(H,30,31). The third-order valence-electron chi connectivity index (χ3n) is 6.33. The first-order valence-electron chi connectivity index (χ1n) is 10.9. The minimum Gasteiger partial charge on any atom is -0.461 e. The van der Waals surface area contributed by atoms with E-state index < -0.39 is 0 Å². The first-order valence-corrected chi connectivity index (χ1v) is 12.5. The maximum absolute atomic E-state index is 13.0. The number of amides is 1. The number of furan rings is 1. The van der Waals surface area contributed by atoms with Crippen LogP contribution in [-0.2, 0) is 17.6 Å². The van der Waals surface area contributed by atoms with E-state index in [2.05, 4.69) is 61.5 Å². The number of rotatable bonds is 4. The van der Waals surface area contributed by atoms with Crippen molar-refractivity contribution >= 4 is 60.8 Å². The quantitative estimate of drug-likeness (QED) is 0.325. The molecule has 1 aliphatic carbocycles. The first kappa shape index (κ1) is 21.5. The number of para-hydroxylation sites is 1. The van der Waals surface area contributed by atoms with Gasteiger partial charge in [0.2, 0.25) is 0 Å². The fourth-order valence-corrected chi connectivity index (χ4v) is 6.05. The highest BCUT2D eigenvalue weighted by molar-refractivity contribution is 9.11. The van der Waals surface area contributed by atoms with Crippen LogP contribution < -0.4 is 10.6 Å². The lowest BCUT2D eigenvalue weighted by Gasteiger charge is -2.18. The molecule has 5 rings (SSSR count). The highest BCUT2D eigenvalue weighted by Crippen LogP contribution is 2.45. The molecule has 2 N–H and O–H groups in total. The van der Waals surface area contributed by atoms with Gasteiger partial charge in [0.05, 0.1) is 17.3 Å². The van der Waals surface area contributed by atoms with Crippen LogP contribution in [0.5, 0.6) is 0 Å². The van der Waals surface area contributed by atoms with Crippen LogP contribution in [0.1, 0.15) is 59.6 Å². The Morgan fingerprint density at radius 1 is 1.12 bits per heavy atom. The number of carbonyl (C=O) groups excluding carboxylic acids is 1. The summed E-state index contributed by atoms with van der Waals surface area (Å²) in [5.74, 6) is 1.73. The van der Waals surface area contributed by atoms with E-state index >= 15 is 0 Å². The topological polar surface area (TPSA) is 54.3 Å². The summed E-state index contributed by atoms with van der Waals surface area (Å²) in [6.07, 6.45) is 6.19. The second-order valence-electron chi connectivity index (χ2n) is 8.45. The fraction of sp³-hybridized carbons (Fsp3) is 0.269. The summed E-state index contributed by atoms with van der Waals surface area (Å²) in [6.45, 7) is 4.19. The minimum atomic E-state index is -0.106. The summed E-state index contributed by atoms with van der Waals surface area (Å²) < 4.78 is 8.22. The molecular formula is C26H24Br2N2O2. The third kappa shape index (κ3) is 3.73. The van der Waals surface area contributed by atoms with E-state index in [1.165, 1.54) is 5.56 Å². The van der Waals surface area contributed by atoms with Gasteiger partial charge in [0.1, 0.15) is 11.5 Å². The van der Waals surface area contributed by atoms with Crippen molar-refractivity contribution in [3.8, 4) is 0 Å². The summed E-state index contributed by atoms with van der Waals surface area (Å²) in [7, 11) is 0. The zero-order chi connectivity index (χ0) is 22.4. The number of halogens is 2. The van der Waals surface area contributed by atoms with Gasteiger partial charge >= 0.3 is 0 Å². The van der Waals surface area contributed by atoms with E-state index in [-0.39, 0.29) is 11.9 Å². The predicted octanol–water partition coefficient (Wildman–Crippen LogP) is 7.66. The molecule has 0 bridgehead atoms. The lowest BCUT2D eigenvalue weighted by molar-refractivity contribution is -0.110. The monoisotopic (exact) mass is 554 g/mol. The molecule has 4 nitrogen and oxygen atoms in total. The Bertz CT molecular complexity index is 1240. The van der Waals surface area contributed by atoms with E-state index in [1.54, 1.807) is 0 Å². The molecule has 0 radical (unpaired) electrons. The summed E-state index contributed by atoms with van der Waals surface area (Å²) in [5, 5.41) is 6.64. The van der Waals surface area contributed by atoms with Crippen LogP contribution in [0.3, 0.4) is 0 Å². The van der Waals surface area contributed by atoms with Crippen molar-refractivity contribution in [2.45, 2.75) is 45.6 Å². The Morgan fingerprint density at radius 3 is 2.66 bits per heavy atom. The van der Waals surface area contributed by atoms with Gasteiger partial charge in [-0.2, -0.15) is 0 Å². The van der Waals surface area contributed by atoms with Crippen LogP contribution in [0.15, 0.2) is 49.8 Å². The molecule has 32 heavy (non-hydrogen) atoms. The third-order valence-corrected chi connectivity index (χ3v) is 7.78. The lowest BCUT2D eigenvalue weighted by atomic mass is 9.91. The van der Waals surface area contributed by atoms with Gasteiger partial charge in [-0.1, -0.05) is 34.1 Å². The maximum atomic E-state index is 13.0. The highest BCUT2D eigenvalue weighted by Gasteiger charge is 2.31. The Morgan fingerprint density at radius 2 is 1.88 bits per heavy atom. The van der Waals surface area contributed by atoms with Gasteiger partial charge in [-0.05, 0) is 84.4 Å². The molecule has 2 aromatic carbocycles. The minimum absolute atomic E-state index is 0.0501. The van der Waals surface area contributed by atoms with Crippen LogP contribution in [0.25, 0.3) is 11.6 Å². The number of carbonyl (C=O) groups is 1. The molecule has 1 aromatic heterocycles. The van der Waals surface area contributed by atoms with Crippen LogP contribution in [0.2, 0.25) is 0 Å². The van der Waals surface area contributed by atoms with Crippen LogP contribution in [-0.4, -0.2) is 5.91 Å². The van der Waals surface area contributed by atoms with E-state index in [0.29, 0.717) is 5.57 Å². The van der Waals surface area contributed by atoms with Gasteiger partial charge in [0.15, 0.2) is 0 Å². The number of hydrogen-bond donors (Lipinski definition) is 2. The van der Waals surface area contributed by atoms with Crippen molar-refractivity contribution < 1.29 is 9.21 Å². The molecule has 1 atom stereocenters. The van der Waals surface area contributed by atoms with E-state index in [9.17, 15) is 4.79 Å². The van der Waals surface area contributed by atoms with Crippen molar-refractivity contribution in [2.75, 3.05) is 10.6 Å². The number of anilines is 2. The van der Waals surface area contributed by atoms with Crippen molar-refractivity contribution in [1.29, 1.82) is 0 Å². The SMILES string of the molecule is Cc1c(Br)cc(Br)c2c1C(=Cc1oc3c(c1C(C)Nc1ccccc1)CCCC3)C(=O)N2. The molecular weight excluding hydrogens is 532 g/mol. The van der Waals surface area contributed by atoms with E-state index in [4.69, 9.17) is 4.42 Å². The normalized spacial score (nSPS) is 17.1. The van der Waals surface area contributed by atoms with Crippen LogP contribution >= 0.6 is 31.9 Å². The molecule has 164 valence electrons. The predicted molar refractivity (Wildman–Crippen MR) is 137 cm³/mol.